The van der Waals surface area contributed by atoms with Gasteiger partial charge in [0.25, 0.3) is 0 Å². The summed E-state index contributed by atoms with van der Waals surface area (Å²) in [6, 6.07) is 0. The fourth-order valence-corrected chi connectivity index (χ4v) is 0.775. The molecule has 1 nitrogen and oxygen atoms in total. The van der Waals surface area contributed by atoms with Crippen molar-refractivity contribution in [3.63, 3.8) is 0 Å². The molecular weight excluding hydrogens is 86.1 g/mol. The monoisotopic (exact) mass is 97.1 g/mol. The van der Waals surface area contributed by atoms with Gasteiger partial charge in [0, 0.05) is 18.7 Å². The molecule has 0 saturated carbocycles. The van der Waals surface area contributed by atoms with Gasteiger partial charge in [-0.15, -0.1) is 0 Å². The second-order valence-electron chi connectivity index (χ2n) is 1.89. The molecule has 0 spiro atoms. The van der Waals surface area contributed by atoms with E-state index in [9.17, 15) is 0 Å². The molecule has 0 aliphatic heterocycles. The summed E-state index contributed by atoms with van der Waals surface area (Å²) in [7, 11) is 1.97. The molecule has 1 aliphatic carbocycles. The topological polar surface area (TPSA) is 12.0 Å². The molecule has 0 aromatic rings. The van der Waals surface area contributed by atoms with E-state index in [4.69, 9.17) is 0 Å². The lowest BCUT2D eigenvalue weighted by molar-refractivity contribution is 0.790. The van der Waals surface area contributed by atoms with E-state index in [1.165, 1.54) is 12.1 Å². The lowest BCUT2D eigenvalue weighted by Gasteiger charge is -1.90. The highest BCUT2D eigenvalue weighted by atomic mass is 14.9. The lowest BCUT2D eigenvalue weighted by atomic mass is 10.3. The van der Waals surface area contributed by atoms with E-state index < -0.39 is 0 Å². The van der Waals surface area contributed by atoms with Crippen LogP contribution in [0.1, 0.15) is 13.3 Å². The molecule has 0 aromatic carbocycles. The third kappa shape index (κ3) is 0.763. The van der Waals surface area contributed by atoms with Crippen LogP contribution in [0.3, 0.4) is 0 Å². The Balaban J connectivity index is 2.14. The Morgan fingerprint density at radius 1 is 1.86 bits per heavy atom. The maximum absolute atomic E-state index is 3.10. The second-order valence-corrected chi connectivity index (χ2v) is 1.89. The SMILES string of the molecule is CCC1C=C1NC. The van der Waals surface area contributed by atoms with Crippen LogP contribution in [0.4, 0.5) is 0 Å². The molecular formula is C6H11N. The average molecular weight is 97.2 g/mol. The van der Waals surface area contributed by atoms with E-state index in [1.807, 2.05) is 7.05 Å². The van der Waals surface area contributed by atoms with Crippen LogP contribution in [0, 0.1) is 5.92 Å². The summed E-state index contributed by atoms with van der Waals surface area (Å²) < 4.78 is 0. The standard InChI is InChI=1S/C6H11N/c1-3-5-4-6(5)7-2/h4-5,7H,3H2,1-2H3. The third-order valence-electron chi connectivity index (χ3n) is 1.40. The minimum Gasteiger partial charge on any atom is -0.391 e. The molecule has 0 fully saturated rings. The molecule has 0 saturated heterocycles. The third-order valence-corrected chi connectivity index (χ3v) is 1.40. The van der Waals surface area contributed by atoms with Crippen LogP contribution in [0.2, 0.25) is 0 Å². The number of hydrogen-bond donors (Lipinski definition) is 1. The first kappa shape index (κ1) is 4.69. The maximum atomic E-state index is 3.10. The van der Waals surface area contributed by atoms with Gasteiger partial charge in [-0.1, -0.05) is 13.0 Å². The molecule has 1 atom stereocenters. The van der Waals surface area contributed by atoms with Gasteiger partial charge < -0.3 is 5.32 Å². The molecule has 1 heteroatoms. The summed E-state index contributed by atoms with van der Waals surface area (Å²) >= 11 is 0. The van der Waals surface area contributed by atoms with Crippen LogP contribution in [0.5, 0.6) is 0 Å². The van der Waals surface area contributed by atoms with Crippen LogP contribution in [0.25, 0.3) is 0 Å². The van der Waals surface area contributed by atoms with Gasteiger partial charge in [-0.2, -0.15) is 0 Å². The highest BCUT2D eigenvalue weighted by Gasteiger charge is 2.19. The fourth-order valence-electron chi connectivity index (χ4n) is 0.775. The van der Waals surface area contributed by atoms with E-state index in [2.05, 4.69) is 18.3 Å². The molecule has 1 unspecified atom stereocenters. The summed E-state index contributed by atoms with van der Waals surface area (Å²) in [5.74, 6) is 0.796. The van der Waals surface area contributed by atoms with E-state index in [-0.39, 0.29) is 0 Å². The van der Waals surface area contributed by atoms with Crippen LogP contribution in [-0.2, 0) is 0 Å². The van der Waals surface area contributed by atoms with Gasteiger partial charge in [-0.05, 0) is 6.42 Å². The fraction of sp³-hybridized carbons (Fsp3) is 0.667. The Labute approximate surface area is 44.4 Å². The quantitative estimate of drug-likeness (QED) is 0.544. The molecule has 40 valence electrons. The van der Waals surface area contributed by atoms with E-state index >= 15 is 0 Å². The van der Waals surface area contributed by atoms with Crippen molar-refractivity contribution < 1.29 is 0 Å². The molecule has 1 rings (SSSR count). The Hall–Kier alpha value is -0.460. The van der Waals surface area contributed by atoms with Crippen molar-refractivity contribution in [1.82, 2.24) is 5.32 Å². The molecule has 0 radical (unpaired) electrons. The van der Waals surface area contributed by atoms with E-state index in [0.29, 0.717) is 0 Å². The first-order valence-electron chi connectivity index (χ1n) is 2.78. The average Bonchev–Trinajstić information content (AvgIpc) is 2.43. The zero-order valence-corrected chi connectivity index (χ0v) is 4.86. The summed E-state index contributed by atoms with van der Waals surface area (Å²) in [6.45, 7) is 2.20. The Bertz CT molecular complexity index is 94.4. The van der Waals surface area contributed by atoms with Crippen molar-refractivity contribution in [1.29, 1.82) is 0 Å². The van der Waals surface area contributed by atoms with Gasteiger partial charge in [-0.25, -0.2) is 0 Å². The zero-order valence-electron chi connectivity index (χ0n) is 4.86. The number of nitrogens with one attached hydrogen (secondary N) is 1. The predicted octanol–water partition coefficient (Wildman–Crippen LogP) is 1.13. The Morgan fingerprint density at radius 3 is 2.71 bits per heavy atom. The molecule has 0 heterocycles. The van der Waals surface area contributed by atoms with Gasteiger partial charge in [0.2, 0.25) is 0 Å². The predicted molar refractivity (Wildman–Crippen MR) is 30.9 cm³/mol. The van der Waals surface area contributed by atoms with Crippen LogP contribution in [0.15, 0.2) is 11.8 Å². The normalized spacial score (nSPS) is 26.6. The Kier molecular flexibility index (Phi) is 1.05. The van der Waals surface area contributed by atoms with E-state index in [0.717, 1.165) is 5.92 Å². The van der Waals surface area contributed by atoms with Crippen molar-refractivity contribution in [2.75, 3.05) is 7.05 Å². The van der Waals surface area contributed by atoms with Gasteiger partial charge in [0.15, 0.2) is 0 Å². The van der Waals surface area contributed by atoms with Crippen molar-refractivity contribution in [2.24, 2.45) is 5.92 Å². The van der Waals surface area contributed by atoms with Crippen molar-refractivity contribution in [3.05, 3.63) is 11.8 Å². The number of allylic oxidation sites excluding steroid dienone is 2. The first-order valence-corrected chi connectivity index (χ1v) is 2.78. The minimum absolute atomic E-state index is 0.796. The van der Waals surface area contributed by atoms with Gasteiger partial charge in [0.05, 0.1) is 0 Å². The lowest BCUT2D eigenvalue weighted by Crippen LogP contribution is -1.98. The largest absolute Gasteiger partial charge is 0.391 e. The zero-order chi connectivity index (χ0) is 5.28. The number of hydrogen-bond acceptors (Lipinski definition) is 1. The smallest absolute Gasteiger partial charge is 0.0180 e. The first-order chi connectivity index (χ1) is 3.38. The summed E-state index contributed by atoms with van der Waals surface area (Å²) in [5.41, 5.74) is 1.42. The van der Waals surface area contributed by atoms with Crippen molar-refractivity contribution >= 4 is 0 Å². The highest BCUT2D eigenvalue weighted by molar-refractivity contribution is 5.26. The van der Waals surface area contributed by atoms with Crippen molar-refractivity contribution in [3.8, 4) is 0 Å². The van der Waals surface area contributed by atoms with Gasteiger partial charge in [-0.3, -0.25) is 0 Å². The molecule has 1 aliphatic rings. The van der Waals surface area contributed by atoms with Crippen LogP contribution in [-0.4, -0.2) is 7.05 Å². The molecule has 0 amide bonds. The second kappa shape index (κ2) is 1.57. The van der Waals surface area contributed by atoms with Crippen LogP contribution < -0.4 is 5.32 Å². The Morgan fingerprint density at radius 2 is 2.57 bits per heavy atom. The summed E-state index contributed by atoms with van der Waals surface area (Å²) in [4.78, 5) is 0. The van der Waals surface area contributed by atoms with E-state index in [1.54, 1.807) is 0 Å². The molecule has 0 bridgehead atoms. The highest BCUT2D eigenvalue weighted by Crippen LogP contribution is 2.27. The van der Waals surface area contributed by atoms with Crippen molar-refractivity contribution in [2.45, 2.75) is 13.3 Å². The number of rotatable bonds is 2. The molecule has 7 heavy (non-hydrogen) atoms. The maximum Gasteiger partial charge on any atom is 0.0180 e. The van der Waals surface area contributed by atoms with Crippen LogP contribution >= 0.6 is 0 Å². The summed E-state index contributed by atoms with van der Waals surface area (Å²) in [5, 5.41) is 3.10. The molecule has 1 N–H and O–H groups in total. The summed E-state index contributed by atoms with van der Waals surface area (Å²) in [6.07, 6.45) is 3.51. The molecule has 0 aromatic heterocycles. The van der Waals surface area contributed by atoms with Gasteiger partial charge in [0.1, 0.15) is 0 Å². The van der Waals surface area contributed by atoms with Gasteiger partial charge >= 0.3 is 0 Å². The minimum atomic E-state index is 0.796.